The number of imide groups is 1. The molecule has 1 atom stereocenters. The van der Waals surface area contributed by atoms with Gasteiger partial charge in [-0.05, 0) is 6.07 Å². The van der Waals surface area contributed by atoms with E-state index in [0.29, 0.717) is 10.9 Å². The number of para-hydroxylation sites is 1. The van der Waals surface area contributed by atoms with Gasteiger partial charge in [-0.3, -0.25) is 19.7 Å². The highest BCUT2D eigenvalue weighted by molar-refractivity contribution is 6.46. The minimum Gasteiger partial charge on any atom is -0.360 e. The number of aromatic nitrogens is 1. The molecule has 0 radical (unpaired) electrons. The van der Waals surface area contributed by atoms with Crippen LogP contribution in [0.15, 0.2) is 30.5 Å². The van der Waals surface area contributed by atoms with Gasteiger partial charge in [-0.15, -0.1) is 0 Å². The summed E-state index contributed by atoms with van der Waals surface area (Å²) >= 11 is 0. The molecule has 3 rings (SSSR count). The first-order chi connectivity index (χ1) is 10.6. The largest absolute Gasteiger partial charge is 0.360 e. The van der Waals surface area contributed by atoms with Crippen LogP contribution in [0.4, 0.5) is 4.79 Å². The zero-order valence-electron chi connectivity index (χ0n) is 11.5. The maximum atomic E-state index is 12.3. The van der Waals surface area contributed by atoms with Crippen molar-refractivity contribution in [3.63, 3.8) is 0 Å². The summed E-state index contributed by atoms with van der Waals surface area (Å²) < 4.78 is 0. The van der Waals surface area contributed by atoms with E-state index in [0.717, 1.165) is 5.52 Å². The molecule has 1 aromatic heterocycles. The summed E-state index contributed by atoms with van der Waals surface area (Å²) in [6.07, 6.45) is 1.26. The van der Waals surface area contributed by atoms with Gasteiger partial charge in [0.15, 0.2) is 0 Å². The van der Waals surface area contributed by atoms with Crippen molar-refractivity contribution < 1.29 is 19.2 Å². The standard InChI is InChI=1S/C15H13N3O4/c19-12(5-8-6-17-15(22)18-14(8)21)13(20)10-7-16-11-4-2-1-3-9(10)11/h1-4,7-8,16H,5-6H2,(H2,17,18,21,22). The number of aromatic amines is 1. The van der Waals surface area contributed by atoms with E-state index >= 15 is 0 Å². The normalized spacial score (nSPS) is 17.9. The average Bonchev–Trinajstić information content (AvgIpc) is 2.93. The highest BCUT2D eigenvalue weighted by Gasteiger charge is 2.31. The van der Waals surface area contributed by atoms with Crippen LogP contribution in [0, 0.1) is 5.92 Å². The number of carbonyl (C=O) groups excluding carboxylic acids is 4. The summed E-state index contributed by atoms with van der Waals surface area (Å²) in [7, 11) is 0. The molecule has 1 saturated heterocycles. The molecule has 1 unspecified atom stereocenters. The quantitative estimate of drug-likeness (QED) is 0.572. The van der Waals surface area contributed by atoms with E-state index in [1.165, 1.54) is 6.20 Å². The highest BCUT2D eigenvalue weighted by Crippen LogP contribution is 2.19. The number of carbonyl (C=O) groups is 4. The number of amides is 3. The molecule has 3 N–H and O–H groups in total. The van der Waals surface area contributed by atoms with Crippen molar-refractivity contribution >= 4 is 34.4 Å². The van der Waals surface area contributed by atoms with Crippen LogP contribution in [0.1, 0.15) is 16.8 Å². The third-order valence-corrected chi connectivity index (χ3v) is 3.64. The Bertz CT molecular complexity index is 793. The minimum atomic E-state index is -0.723. The van der Waals surface area contributed by atoms with E-state index in [-0.39, 0.29) is 13.0 Å². The van der Waals surface area contributed by atoms with Crippen molar-refractivity contribution in [1.82, 2.24) is 15.6 Å². The van der Waals surface area contributed by atoms with Crippen LogP contribution >= 0.6 is 0 Å². The van der Waals surface area contributed by atoms with Gasteiger partial charge in [-0.1, -0.05) is 18.2 Å². The number of urea groups is 1. The Labute approximate surface area is 125 Å². The molecule has 3 amide bonds. The Kier molecular flexibility index (Phi) is 3.46. The topological polar surface area (TPSA) is 108 Å². The third-order valence-electron chi connectivity index (χ3n) is 3.64. The second-order valence-corrected chi connectivity index (χ2v) is 5.10. The molecular weight excluding hydrogens is 286 g/mol. The fourth-order valence-corrected chi connectivity index (χ4v) is 2.46. The summed E-state index contributed by atoms with van der Waals surface area (Å²) in [5.41, 5.74) is 1.06. The maximum absolute atomic E-state index is 12.3. The summed E-state index contributed by atoms with van der Waals surface area (Å²) in [6.45, 7) is 0.0531. The molecule has 112 valence electrons. The number of Topliss-reactive ketones (excluding diaryl/α,β-unsaturated/α-hetero) is 2. The third kappa shape index (κ3) is 2.48. The maximum Gasteiger partial charge on any atom is 0.321 e. The molecule has 0 aliphatic carbocycles. The Morgan fingerprint density at radius 3 is 2.73 bits per heavy atom. The van der Waals surface area contributed by atoms with Gasteiger partial charge in [0.2, 0.25) is 17.5 Å². The van der Waals surface area contributed by atoms with Gasteiger partial charge in [-0.25, -0.2) is 4.79 Å². The average molecular weight is 299 g/mol. The number of hydrogen-bond acceptors (Lipinski definition) is 4. The van der Waals surface area contributed by atoms with E-state index in [2.05, 4.69) is 15.6 Å². The van der Waals surface area contributed by atoms with Crippen LogP contribution < -0.4 is 10.6 Å². The molecular formula is C15H13N3O4. The second kappa shape index (κ2) is 5.44. The lowest BCUT2D eigenvalue weighted by molar-refractivity contribution is -0.127. The van der Waals surface area contributed by atoms with Crippen LogP contribution in [0.3, 0.4) is 0 Å². The Balaban J connectivity index is 1.76. The summed E-state index contributed by atoms with van der Waals surface area (Å²) in [6, 6.07) is 6.57. The van der Waals surface area contributed by atoms with Gasteiger partial charge < -0.3 is 10.3 Å². The molecule has 0 spiro atoms. The molecule has 1 aliphatic heterocycles. The first kappa shape index (κ1) is 14.0. The molecule has 1 fully saturated rings. The summed E-state index contributed by atoms with van der Waals surface area (Å²) in [5, 5.41) is 5.18. The van der Waals surface area contributed by atoms with Crippen LogP contribution in [0.5, 0.6) is 0 Å². The molecule has 0 bridgehead atoms. The van der Waals surface area contributed by atoms with Crippen molar-refractivity contribution in [3.05, 3.63) is 36.0 Å². The second-order valence-electron chi connectivity index (χ2n) is 5.10. The number of hydrogen-bond donors (Lipinski definition) is 3. The van der Waals surface area contributed by atoms with Crippen LogP contribution in [-0.2, 0) is 9.59 Å². The molecule has 2 aromatic rings. The Morgan fingerprint density at radius 1 is 1.18 bits per heavy atom. The predicted molar refractivity (Wildman–Crippen MR) is 77.3 cm³/mol. The van der Waals surface area contributed by atoms with Crippen molar-refractivity contribution in [2.24, 2.45) is 5.92 Å². The smallest absolute Gasteiger partial charge is 0.321 e. The number of ketones is 2. The van der Waals surface area contributed by atoms with Crippen molar-refractivity contribution in [2.45, 2.75) is 6.42 Å². The summed E-state index contributed by atoms with van der Waals surface area (Å²) in [5.74, 6) is -2.55. The van der Waals surface area contributed by atoms with Crippen molar-refractivity contribution in [2.75, 3.05) is 6.54 Å². The molecule has 0 saturated carbocycles. The van der Waals surface area contributed by atoms with E-state index in [1.807, 2.05) is 6.07 Å². The molecule has 1 aromatic carbocycles. The van der Waals surface area contributed by atoms with Crippen LogP contribution in [0.2, 0.25) is 0 Å². The first-order valence-corrected chi connectivity index (χ1v) is 6.78. The van der Waals surface area contributed by atoms with Crippen molar-refractivity contribution in [1.29, 1.82) is 0 Å². The molecule has 1 aliphatic rings. The Hall–Kier alpha value is -2.96. The predicted octanol–water partition coefficient (Wildman–Crippen LogP) is 0.765. The van der Waals surface area contributed by atoms with Crippen LogP contribution in [0.25, 0.3) is 10.9 Å². The number of nitrogens with one attached hydrogen (secondary N) is 3. The minimum absolute atomic E-state index is 0.0531. The van der Waals surface area contributed by atoms with Gasteiger partial charge in [0, 0.05) is 30.1 Å². The highest BCUT2D eigenvalue weighted by atomic mass is 16.2. The molecule has 7 heteroatoms. The number of benzene rings is 1. The van der Waals surface area contributed by atoms with Gasteiger partial charge in [0.1, 0.15) is 0 Å². The van der Waals surface area contributed by atoms with Crippen molar-refractivity contribution in [3.8, 4) is 0 Å². The zero-order chi connectivity index (χ0) is 15.7. The lowest BCUT2D eigenvalue weighted by Gasteiger charge is -2.21. The van der Waals surface area contributed by atoms with E-state index in [4.69, 9.17) is 0 Å². The molecule has 7 nitrogen and oxygen atoms in total. The zero-order valence-corrected chi connectivity index (χ0v) is 11.5. The van der Waals surface area contributed by atoms with Crippen LogP contribution in [-0.4, -0.2) is 35.0 Å². The van der Waals surface area contributed by atoms with Gasteiger partial charge >= 0.3 is 6.03 Å². The SMILES string of the molecule is O=C1NCC(CC(=O)C(=O)c2c[nH]c3ccccc23)C(=O)N1. The first-order valence-electron chi connectivity index (χ1n) is 6.78. The van der Waals surface area contributed by atoms with E-state index < -0.39 is 29.4 Å². The van der Waals surface area contributed by atoms with Gasteiger partial charge in [0.05, 0.1) is 11.5 Å². The van der Waals surface area contributed by atoms with Gasteiger partial charge in [0.25, 0.3) is 0 Å². The monoisotopic (exact) mass is 299 g/mol. The fraction of sp³-hybridized carbons (Fsp3) is 0.200. The Morgan fingerprint density at radius 2 is 1.95 bits per heavy atom. The molecule has 2 heterocycles. The van der Waals surface area contributed by atoms with Gasteiger partial charge in [-0.2, -0.15) is 0 Å². The number of fused-ring (bicyclic) bond motifs is 1. The molecule has 22 heavy (non-hydrogen) atoms. The number of rotatable bonds is 4. The lowest BCUT2D eigenvalue weighted by atomic mass is 9.95. The lowest BCUT2D eigenvalue weighted by Crippen LogP contribution is -2.52. The number of H-pyrrole nitrogens is 1. The summed E-state index contributed by atoms with van der Waals surface area (Å²) in [4.78, 5) is 49.9. The fourth-order valence-electron chi connectivity index (χ4n) is 2.46. The van der Waals surface area contributed by atoms with E-state index in [1.54, 1.807) is 18.2 Å². The van der Waals surface area contributed by atoms with E-state index in [9.17, 15) is 19.2 Å².